The summed E-state index contributed by atoms with van der Waals surface area (Å²) in [4.78, 5) is 12.7. The van der Waals surface area contributed by atoms with Gasteiger partial charge in [0.15, 0.2) is 0 Å². The Hall–Kier alpha value is -1.83. The lowest BCUT2D eigenvalue weighted by Gasteiger charge is -2.40. The molecule has 1 aliphatic rings. The van der Waals surface area contributed by atoms with Gasteiger partial charge in [-0.05, 0) is 52.5 Å². The van der Waals surface area contributed by atoms with Crippen LogP contribution in [0.5, 0.6) is 0 Å². The number of hydrogen-bond donors (Lipinski definition) is 0. The number of unbranched alkanes of at least 4 members (excludes halogenated alkanes) is 12. The van der Waals surface area contributed by atoms with Gasteiger partial charge in [-0.3, -0.25) is 4.79 Å². The lowest BCUT2D eigenvalue weighted by molar-refractivity contribution is -0.155. The van der Waals surface area contributed by atoms with Gasteiger partial charge in [0.1, 0.15) is 6.10 Å². The molecule has 216 valence electrons. The molecule has 1 atom stereocenters. The van der Waals surface area contributed by atoms with E-state index in [0.717, 1.165) is 25.7 Å². The number of carbonyl (C=O) groups excluding carboxylic acids is 1. The van der Waals surface area contributed by atoms with Gasteiger partial charge in [-0.1, -0.05) is 151 Å². The molecule has 0 aliphatic heterocycles. The van der Waals surface area contributed by atoms with Crippen LogP contribution in [-0.4, -0.2) is 12.1 Å². The predicted molar refractivity (Wildman–Crippen MR) is 167 cm³/mol. The first-order valence-electron chi connectivity index (χ1n) is 15.8. The Morgan fingerprint density at radius 1 is 0.868 bits per heavy atom. The van der Waals surface area contributed by atoms with Crippen molar-refractivity contribution in [3.8, 4) is 0 Å². The van der Waals surface area contributed by atoms with Gasteiger partial charge in [-0.2, -0.15) is 0 Å². The van der Waals surface area contributed by atoms with E-state index in [9.17, 15) is 4.79 Å². The quantitative estimate of drug-likeness (QED) is 0.0954. The molecule has 0 aromatic carbocycles. The number of esters is 1. The van der Waals surface area contributed by atoms with E-state index in [4.69, 9.17) is 4.74 Å². The van der Waals surface area contributed by atoms with Gasteiger partial charge in [0.2, 0.25) is 0 Å². The predicted octanol–water partition coefficient (Wildman–Crippen LogP) is 11.5. The first kappa shape index (κ1) is 34.2. The second kappa shape index (κ2) is 20.1. The first-order chi connectivity index (χ1) is 18.2. The minimum Gasteiger partial charge on any atom is -0.461 e. The van der Waals surface area contributed by atoms with Crippen molar-refractivity contribution in [2.75, 3.05) is 0 Å². The van der Waals surface area contributed by atoms with Gasteiger partial charge in [0, 0.05) is 11.8 Å². The highest BCUT2D eigenvalue weighted by Gasteiger charge is 2.38. The summed E-state index contributed by atoms with van der Waals surface area (Å²) in [5.74, 6) is -0.0189. The molecule has 1 rings (SSSR count). The fourth-order valence-corrected chi connectivity index (χ4v) is 5.35. The summed E-state index contributed by atoms with van der Waals surface area (Å²) in [6.07, 6.45) is 32.4. The van der Waals surface area contributed by atoms with Gasteiger partial charge in [0.25, 0.3) is 0 Å². The molecule has 0 heterocycles. The molecule has 2 nitrogen and oxygen atoms in total. The number of rotatable bonds is 19. The van der Waals surface area contributed by atoms with Crippen molar-refractivity contribution in [2.45, 2.75) is 157 Å². The Bertz CT molecular complexity index is 818. The van der Waals surface area contributed by atoms with Crippen LogP contribution in [0.2, 0.25) is 0 Å². The molecule has 0 saturated carbocycles. The van der Waals surface area contributed by atoms with Crippen LogP contribution >= 0.6 is 0 Å². The summed E-state index contributed by atoms with van der Waals surface area (Å²) < 4.78 is 6.06. The highest BCUT2D eigenvalue weighted by Crippen LogP contribution is 2.43. The highest BCUT2D eigenvalue weighted by atomic mass is 16.5. The molecule has 0 fully saturated rings. The molecule has 0 spiro atoms. The zero-order chi connectivity index (χ0) is 28.2. The van der Waals surface area contributed by atoms with E-state index < -0.39 is 0 Å². The molecule has 0 aromatic heterocycles. The smallest absolute Gasteiger partial charge is 0.306 e. The minimum atomic E-state index is -0.178. The Kier molecular flexibility index (Phi) is 18.1. The van der Waals surface area contributed by atoms with Gasteiger partial charge in [-0.15, -0.1) is 0 Å². The van der Waals surface area contributed by atoms with Crippen LogP contribution in [0.4, 0.5) is 0 Å². The third kappa shape index (κ3) is 14.4. The summed E-state index contributed by atoms with van der Waals surface area (Å²) in [5.41, 5.74) is 5.01. The molecule has 0 N–H and O–H groups in total. The Morgan fingerprint density at radius 3 is 1.97 bits per heavy atom. The van der Waals surface area contributed by atoms with E-state index >= 15 is 0 Å². The first-order valence-corrected chi connectivity index (χ1v) is 15.8. The molecular weight excluding hydrogens is 464 g/mol. The second-order valence-corrected chi connectivity index (χ2v) is 12.1. The normalized spacial score (nSPS) is 18.7. The van der Waals surface area contributed by atoms with E-state index in [1.807, 2.05) is 0 Å². The van der Waals surface area contributed by atoms with Gasteiger partial charge in [0.05, 0.1) is 0 Å². The Balaban J connectivity index is 2.36. The van der Waals surface area contributed by atoms with E-state index in [-0.39, 0.29) is 17.5 Å². The lowest BCUT2D eigenvalue weighted by Crippen LogP contribution is -2.38. The third-order valence-corrected chi connectivity index (χ3v) is 8.19. The van der Waals surface area contributed by atoms with Crippen LogP contribution in [0.25, 0.3) is 0 Å². The van der Waals surface area contributed by atoms with Gasteiger partial charge < -0.3 is 4.74 Å². The molecule has 1 aliphatic carbocycles. The summed E-state index contributed by atoms with van der Waals surface area (Å²) in [6.45, 7) is 15.3. The van der Waals surface area contributed by atoms with Crippen LogP contribution in [0.3, 0.4) is 0 Å². The van der Waals surface area contributed by atoms with Crippen molar-refractivity contribution in [1.29, 1.82) is 0 Å². The van der Waals surface area contributed by atoms with E-state index in [0.29, 0.717) is 6.42 Å². The number of ether oxygens (including phenoxy) is 1. The lowest BCUT2D eigenvalue weighted by atomic mass is 9.70. The van der Waals surface area contributed by atoms with Gasteiger partial charge in [-0.25, -0.2) is 0 Å². The van der Waals surface area contributed by atoms with Gasteiger partial charge >= 0.3 is 5.97 Å². The summed E-state index contributed by atoms with van der Waals surface area (Å²) >= 11 is 0. The van der Waals surface area contributed by atoms with E-state index in [1.165, 1.54) is 92.9 Å². The third-order valence-electron chi connectivity index (χ3n) is 8.19. The van der Waals surface area contributed by atoms with Crippen molar-refractivity contribution in [3.63, 3.8) is 0 Å². The number of allylic oxidation sites excluding steroid dienone is 9. The Labute approximate surface area is 236 Å². The maximum Gasteiger partial charge on any atom is 0.306 e. The van der Waals surface area contributed by atoms with Crippen LogP contribution in [-0.2, 0) is 9.53 Å². The largest absolute Gasteiger partial charge is 0.461 e. The summed E-state index contributed by atoms with van der Waals surface area (Å²) in [5, 5.41) is 0. The van der Waals surface area contributed by atoms with Crippen molar-refractivity contribution in [1.82, 2.24) is 0 Å². The van der Waals surface area contributed by atoms with Crippen LogP contribution in [0.15, 0.2) is 58.7 Å². The van der Waals surface area contributed by atoms with Crippen molar-refractivity contribution in [3.05, 3.63) is 58.7 Å². The molecule has 2 heteroatoms. The number of carbonyl (C=O) groups is 1. The average molecular weight is 525 g/mol. The second-order valence-electron chi connectivity index (χ2n) is 12.1. The fourth-order valence-electron chi connectivity index (χ4n) is 5.35. The topological polar surface area (TPSA) is 26.3 Å². The van der Waals surface area contributed by atoms with Crippen LogP contribution in [0.1, 0.15) is 151 Å². The molecular formula is C36H60O2. The zero-order valence-corrected chi connectivity index (χ0v) is 26.2. The maximum atomic E-state index is 12.7. The molecule has 38 heavy (non-hydrogen) atoms. The zero-order valence-electron chi connectivity index (χ0n) is 26.2. The standard InChI is InChI=1S/C36H60O2/c1-8-10-11-12-13-14-15-16-17-18-19-20-21-25-35(37)38-34-29-27-32(5)33(36(34,6)7)28-26-31(4)24-22-23-30(3)9-2/h9,22-24,26,28,34H,8,10-21,25,27,29H2,1-7H3. The van der Waals surface area contributed by atoms with Crippen molar-refractivity contribution in [2.24, 2.45) is 5.41 Å². The molecule has 0 bridgehead atoms. The van der Waals surface area contributed by atoms with Crippen molar-refractivity contribution >= 4 is 5.97 Å². The number of hydrogen-bond acceptors (Lipinski definition) is 2. The molecule has 0 aromatic rings. The fraction of sp³-hybridized carbons (Fsp3) is 0.694. The SMILES string of the molecule is CC=C(C)C=CC=C(C)C=CC1=C(C)CCC(OC(=O)CCCCCCCCCCCCCCC)C1(C)C. The summed E-state index contributed by atoms with van der Waals surface area (Å²) in [6, 6.07) is 0. The van der Waals surface area contributed by atoms with Crippen LogP contribution < -0.4 is 0 Å². The van der Waals surface area contributed by atoms with Crippen molar-refractivity contribution < 1.29 is 9.53 Å². The maximum absolute atomic E-state index is 12.7. The highest BCUT2D eigenvalue weighted by molar-refractivity contribution is 5.69. The minimum absolute atomic E-state index is 0.0189. The molecule has 1 unspecified atom stereocenters. The molecule has 0 amide bonds. The van der Waals surface area contributed by atoms with Crippen LogP contribution in [0, 0.1) is 5.41 Å². The van der Waals surface area contributed by atoms with E-state index in [1.54, 1.807) is 0 Å². The average Bonchev–Trinajstić information content (AvgIpc) is 2.88. The monoisotopic (exact) mass is 524 g/mol. The van der Waals surface area contributed by atoms with E-state index in [2.05, 4.69) is 84.9 Å². The summed E-state index contributed by atoms with van der Waals surface area (Å²) in [7, 11) is 0. The molecule has 0 saturated heterocycles. The Morgan fingerprint density at radius 2 is 1.42 bits per heavy atom. The molecule has 0 radical (unpaired) electrons.